The molecule has 0 fully saturated rings. The van der Waals surface area contributed by atoms with Gasteiger partial charge in [0, 0.05) is 12.0 Å². The predicted octanol–water partition coefficient (Wildman–Crippen LogP) is 3.87. The predicted molar refractivity (Wildman–Crippen MR) is 70.4 cm³/mol. The van der Waals surface area contributed by atoms with E-state index in [1.165, 1.54) is 12.1 Å². The van der Waals surface area contributed by atoms with E-state index >= 15 is 0 Å². The van der Waals surface area contributed by atoms with E-state index in [0.29, 0.717) is 5.56 Å². The molecule has 0 spiro atoms. The van der Waals surface area contributed by atoms with Crippen molar-refractivity contribution in [3.63, 3.8) is 0 Å². The molecule has 0 aliphatic rings. The summed E-state index contributed by atoms with van der Waals surface area (Å²) < 4.78 is 13.1. The summed E-state index contributed by atoms with van der Waals surface area (Å²) >= 11 is 0. The molecule has 0 atom stereocenters. The number of carbonyl (C=O) groups is 1. The van der Waals surface area contributed by atoms with Gasteiger partial charge < -0.3 is 0 Å². The van der Waals surface area contributed by atoms with E-state index in [4.69, 9.17) is 0 Å². The lowest BCUT2D eigenvalue weighted by Crippen LogP contribution is -2.06. The minimum atomic E-state index is -0.304. The molecule has 1 nitrogen and oxygen atoms in total. The number of carbonyl (C=O) groups excluding carboxylic acids is 1. The largest absolute Gasteiger partial charge is 0.294 e. The highest BCUT2D eigenvalue weighted by Gasteiger charge is 2.11. The second-order valence-electron chi connectivity index (χ2n) is 4.48. The maximum Gasteiger partial charge on any atom is 0.167 e. The molecule has 0 heterocycles. The standard InChI is InChI=1S/C16H15FO/c1-11-5-3-8-15(12(11)2)16(18)10-13-6-4-7-14(17)9-13/h3-9H,10H2,1-2H3. The second-order valence-corrected chi connectivity index (χ2v) is 4.48. The van der Waals surface area contributed by atoms with Crippen LogP contribution in [0.4, 0.5) is 4.39 Å². The number of halogens is 1. The summed E-state index contributed by atoms with van der Waals surface area (Å²) in [6.45, 7) is 3.92. The zero-order chi connectivity index (χ0) is 13.1. The van der Waals surface area contributed by atoms with Crippen molar-refractivity contribution in [3.8, 4) is 0 Å². The third kappa shape index (κ3) is 2.65. The summed E-state index contributed by atoms with van der Waals surface area (Å²) in [5.41, 5.74) is 3.53. The molecular weight excluding hydrogens is 227 g/mol. The number of benzene rings is 2. The summed E-state index contributed by atoms with van der Waals surface area (Å²) in [5.74, 6) is -0.275. The molecule has 2 aromatic rings. The van der Waals surface area contributed by atoms with Gasteiger partial charge in [-0.05, 0) is 42.7 Å². The Bertz CT molecular complexity index is 587. The minimum Gasteiger partial charge on any atom is -0.294 e. The van der Waals surface area contributed by atoms with Crippen molar-refractivity contribution in [2.75, 3.05) is 0 Å². The number of hydrogen-bond acceptors (Lipinski definition) is 1. The Labute approximate surface area is 106 Å². The average Bonchev–Trinajstić information content (AvgIpc) is 2.32. The molecule has 2 aromatic carbocycles. The molecule has 0 saturated heterocycles. The summed E-state index contributed by atoms with van der Waals surface area (Å²) in [6.07, 6.45) is 0.238. The van der Waals surface area contributed by atoms with Gasteiger partial charge in [0.05, 0.1) is 0 Å². The van der Waals surface area contributed by atoms with Crippen molar-refractivity contribution >= 4 is 5.78 Å². The van der Waals surface area contributed by atoms with Crippen LogP contribution in [0, 0.1) is 19.7 Å². The van der Waals surface area contributed by atoms with Crippen LogP contribution in [0.25, 0.3) is 0 Å². The molecule has 0 radical (unpaired) electrons. The van der Waals surface area contributed by atoms with E-state index in [1.54, 1.807) is 12.1 Å². The van der Waals surface area contributed by atoms with Gasteiger partial charge in [0.1, 0.15) is 5.82 Å². The molecule has 0 aromatic heterocycles. The zero-order valence-electron chi connectivity index (χ0n) is 10.5. The lowest BCUT2D eigenvalue weighted by molar-refractivity contribution is 0.0992. The Morgan fingerprint density at radius 2 is 1.83 bits per heavy atom. The Hall–Kier alpha value is -1.96. The molecule has 2 rings (SSSR count). The van der Waals surface area contributed by atoms with Gasteiger partial charge in [-0.3, -0.25) is 4.79 Å². The van der Waals surface area contributed by atoms with Crippen LogP contribution in [0.3, 0.4) is 0 Å². The second kappa shape index (κ2) is 5.13. The summed E-state index contributed by atoms with van der Waals surface area (Å²) in [7, 11) is 0. The molecule has 0 bridgehead atoms. The first-order valence-electron chi connectivity index (χ1n) is 5.92. The monoisotopic (exact) mass is 242 g/mol. The van der Waals surface area contributed by atoms with Crippen molar-refractivity contribution in [1.82, 2.24) is 0 Å². The molecule has 0 unspecified atom stereocenters. The van der Waals surface area contributed by atoms with E-state index < -0.39 is 0 Å². The maximum atomic E-state index is 13.1. The molecule has 0 N–H and O–H groups in total. The fraction of sp³-hybridized carbons (Fsp3) is 0.188. The zero-order valence-corrected chi connectivity index (χ0v) is 10.5. The number of Topliss-reactive ketones (excluding diaryl/α,β-unsaturated/α-hetero) is 1. The topological polar surface area (TPSA) is 17.1 Å². The SMILES string of the molecule is Cc1cccc(C(=O)Cc2cccc(F)c2)c1C. The molecular formula is C16H15FO. The van der Waals surface area contributed by atoms with E-state index in [2.05, 4.69) is 0 Å². The van der Waals surface area contributed by atoms with Crippen LogP contribution in [0.1, 0.15) is 27.0 Å². The van der Waals surface area contributed by atoms with Gasteiger partial charge in [0.15, 0.2) is 5.78 Å². The molecule has 0 saturated carbocycles. The van der Waals surface area contributed by atoms with E-state index in [1.807, 2.05) is 32.0 Å². The number of hydrogen-bond donors (Lipinski definition) is 0. The fourth-order valence-electron chi connectivity index (χ4n) is 1.98. The van der Waals surface area contributed by atoms with E-state index in [9.17, 15) is 9.18 Å². The van der Waals surface area contributed by atoms with Gasteiger partial charge in [-0.2, -0.15) is 0 Å². The molecule has 0 amide bonds. The Morgan fingerprint density at radius 3 is 2.56 bits per heavy atom. The van der Waals surface area contributed by atoms with Crippen LogP contribution >= 0.6 is 0 Å². The Balaban J connectivity index is 2.25. The van der Waals surface area contributed by atoms with Crippen LogP contribution in [0.2, 0.25) is 0 Å². The summed E-state index contributed by atoms with van der Waals surface area (Å²) in [5, 5.41) is 0. The van der Waals surface area contributed by atoms with Gasteiger partial charge >= 0.3 is 0 Å². The van der Waals surface area contributed by atoms with Gasteiger partial charge in [-0.25, -0.2) is 4.39 Å². The average molecular weight is 242 g/mol. The van der Waals surface area contributed by atoms with E-state index in [-0.39, 0.29) is 18.0 Å². The van der Waals surface area contributed by atoms with Crippen LogP contribution in [-0.4, -0.2) is 5.78 Å². The highest BCUT2D eigenvalue weighted by Crippen LogP contribution is 2.16. The van der Waals surface area contributed by atoms with E-state index in [0.717, 1.165) is 16.7 Å². The number of rotatable bonds is 3. The Morgan fingerprint density at radius 1 is 1.11 bits per heavy atom. The van der Waals surface area contributed by atoms with Crippen LogP contribution in [0.5, 0.6) is 0 Å². The van der Waals surface area contributed by atoms with Crippen molar-refractivity contribution in [2.45, 2.75) is 20.3 Å². The van der Waals surface area contributed by atoms with Gasteiger partial charge in [0.25, 0.3) is 0 Å². The Kier molecular flexibility index (Phi) is 3.56. The third-order valence-corrected chi connectivity index (χ3v) is 3.16. The maximum absolute atomic E-state index is 13.1. The lowest BCUT2D eigenvalue weighted by atomic mass is 9.96. The summed E-state index contributed by atoms with van der Waals surface area (Å²) in [4.78, 5) is 12.2. The smallest absolute Gasteiger partial charge is 0.167 e. The van der Waals surface area contributed by atoms with Crippen molar-refractivity contribution in [1.29, 1.82) is 0 Å². The lowest BCUT2D eigenvalue weighted by Gasteiger charge is -2.07. The molecule has 2 heteroatoms. The molecule has 0 aliphatic carbocycles. The first-order valence-corrected chi connectivity index (χ1v) is 5.92. The number of aryl methyl sites for hydroxylation is 1. The van der Waals surface area contributed by atoms with Crippen LogP contribution in [-0.2, 0) is 6.42 Å². The first-order chi connectivity index (χ1) is 8.58. The molecule has 0 aliphatic heterocycles. The molecule has 18 heavy (non-hydrogen) atoms. The summed E-state index contributed by atoms with van der Waals surface area (Å²) in [6, 6.07) is 11.9. The van der Waals surface area contributed by atoms with Gasteiger partial charge in [0.2, 0.25) is 0 Å². The first kappa shape index (κ1) is 12.5. The van der Waals surface area contributed by atoms with Gasteiger partial charge in [-0.15, -0.1) is 0 Å². The highest BCUT2D eigenvalue weighted by molar-refractivity contribution is 5.99. The highest BCUT2D eigenvalue weighted by atomic mass is 19.1. The van der Waals surface area contributed by atoms with Crippen molar-refractivity contribution in [2.24, 2.45) is 0 Å². The quantitative estimate of drug-likeness (QED) is 0.747. The van der Waals surface area contributed by atoms with Crippen molar-refractivity contribution < 1.29 is 9.18 Å². The molecule has 92 valence electrons. The van der Waals surface area contributed by atoms with Crippen LogP contribution < -0.4 is 0 Å². The number of ketones is 1. The van der Waals surface area contributed by atoms with Crippen LogP contribution in [0.15, 0.2) is 42.5 Å². The minimum absolute atomic E-state index is 0.0294. The third-order valence-electron chi connectivity index (χ3n) is 3.16. The van der Waals surface area contributed by atoms with Crippen molar-refractivity contribution in [3.05, 3.63) is 70.5 Å². The normalized spacial score (nSPS) is 10.4. The fourth-order valence-corrected chi connectivity index (χ4v) is 1.98. The van der Waals surface area contributed by atoms with Gasteiger partial charge in [-0.1, -0.05) is 30.3 Å².